The third-order valence-electron chi connectivity index (χ3n) is 5.01. The van der Waals surface area contributed by atoms with E-state index in [1.807, 2.05) is 6.07 Å². The van der Waals surface area contributed by atoms with Gasteiger partial charge in [0.15, 0.2) is 5.78 Å². The van der Waals surface area contributed by atoms with Crippen molar-refractivity contribution in [1.82, 2.24) is 5.32 Å². The number of hydrogen-bond acceptors (Lipinski definition) is 2. The van der Waals surface area contributed by atoms with Crippen molar-refractivity contribution in [2.24, 2.45) is 5.92 Å². The average molecular weight is 315 g/mol. The van der Waals surface area contributed by atoms with Gasteiger partial charge in [0.25, 0.3) is 0 Å². The molecule has 0 aromatic heterocycles. The van der Waals surface area contributed by atoms with Gasteiger partial charge in [-0.15, -0.1) is 0 Å². The zero-order chi connectivity index (χ0) is 16.4. The van der Waals surface area contributed by atoms with Gasteiger partial charge in [0.1, 0.15) is 5.82 Å². The van der Waals surface area contributed by atoms with Gasteiger partial charge >= 0.3 is 0 Å². The van der Waals surface area contributed by atoms with Crippen LogP contribution < -0.4 is 5.32 Å². The third kappa shape index (κ3) is 3.82. The molecule has 1 N–H and O–H groups in total. The lowest BCUT2D eigenvalue weighted by molar-refractivity contribution is -0.118. The molecular weight excluding hydrogens is 289 g/mol. The maximum absolute atomic E-state index is 13.7. The van der Waals surface area contributed by atoms with E-state index in [-0.39, 0.29) is 23.1 Å². The van der Waals surface area contributed by atoms with Crippen LogP contribution in [0.3, 0.4) is 0 Å². The predicted octanol–water partition coefficient (Wildman–Crippen LogP) is 4.63. The van der Waals surface area contributed by atoms with Gasteiger partial charge < -0.3 is 5.32 Å². The minimum Gasteiger partial charge on any atom is -0.379 e. The number of benzene rings is 1. The summed E-state index contributed by atoms with van der Waals surface area (Å²) in [5, 5.41) is 3.44. The number of halogens is 1. The number of carbonyl (C=O) groups is 1. The Kier molecular flexibility index (Phi) is 4.56. The highest BCUT2D eigenvalue weighted by atomic mass is 19.1. The lowest BCUT2D eigenvalue weighted by Crippen LogP contribution is -2.44. The molecule has 1 aromatic carbocycles. The van der Waals surface area contributed by atoms with Crippen molar-refractivity contribution in [3.8, 4) is 0 Å². The normalized spacial score (nSPS) is 23.0. The third-order valence-corrected chi connectivity index (χ3v) is 5.01. The molecule has 1 heterocycles. The number of allylic oxidation sites excluding steroid dienone is 1. The van der Waals surface area contributed by atoms with Gasteiger partial charge in [-0.25, -0.2) is 4.39 Å². The lowest BCUT2D eigenvalue weighted by atomic mass is 9.84. The van der Waals surface area contributed by atoms with Crippen LogP contribution >= 0.6 is 0 Å². The summed E-state index contributed by atoms with van der Waals surface area (Å²) in [7, 11) is 0. The van der Waals surface area contributed by atoms with Crippen LogP contribution in [0.25, 0.3) is 5.70 Å². The standard InChI is InChI=1S/C20H26FNO/c1-20(2)13-15-9-10-16(21)11-17(15)18(22-20)12-19(23)14-7-5-3-4-6-8-14/h9-12,14,22H,3-8,13H2,1-2H3. The summed E-state index contributed by atoms with van der Waals surface area (Å²) < 4.78 is 13.7. The van der Waals surface area contributed by atoms with Gasteiger partial charge in [-0.2, -0.15) is 0 Å². The first kappa shape index (κ1) is 16.2. The van der Waals surface area contributed by atoms with Crippen LogP contribution in [0.15, 0.2) is 24.3 Å². The van der Waals surface area contributed by atoms with Gasteiger partial charge in [-0.05, 0) is 50.8 Å². The molecule has 0 unspecified atom stereocenters. The van der Waals surface area contributed by atoms with Gasteiger partial charge in [0, 0.05) is 28.8 Å². The molecule has 23 heavy (non-hydrogen) atoms. The van der Waals surface area contributed by atoms with Crippen molar-refractivity contribution in [2.75, 3.05) is 0 Å². The van der Waals surface area contributed by atoms with Crippen molar-refractivity contribution in [1.29, 1.82) is 0 Å². The molecule has 0 atom stereocenters. The number of fused-ring (bicyclic) bond motifs is 1. The van der Waals surface area contributed by atoms with Gasteiger partial charge in [-0.1, -0.05) is 31.7 Å². The Morgan fingerprint density at radius 1 is 1.22 bits per heavy atom. The van der Waals surface area contributed by atoms with E-state index in [1.54, 1.807) is 12.1 Å². The molecule has 1 saturated carbocycles. The molecule has 1 aliphatic heterocycles. The molecule has 0 bridgehead atoms. The summed E-state index contributed by atoms with van der Waals surface area (Å²) in [6.45, 7) is 4.23. The van der Waals surface area contributed by atoms with Crippen molar-refractivity contribution in [2.45, 2.75) is 64.3 Å². The second-order valence-corrected chi connectivity index (χ2v) is 7.64. The van der Waals surface area contributed by atoms with E-state index in [1.165, 1.54) is 18.9 Å². The number of rotatable bonds is 2. The number of nitrogens with one attached hydrogen (secondary N) is 1. The van der Waals surface area contributed by atoms with E-state index >= 15 is 0 Å². The SMILES string of the molecule is CC1(C)Cc2ccc(F)cc2C(=CC(=O)C2CCCCCC2)N1. The molecule has 1 aromatic rings. The quantitative estimate of drug-likeness (QED) is 0.637. The largest absolute Gasteiger partial charge is 0.379 e. The molecule has 1 fully saturated rings. The van der Waals surface area contributed by atoms with E-state index < -0.39 is 0 Å². The summed E-state index contributed by atoms with van der Waals surface area (Å²) in [6.07, 6.45) is 9.30. The highest BCUT2D eigenvalue weighted by Crippen LogP contribution is 2.31. The minimum atomic E-state index is -0.252. The second-order valence-electron chi connectivity index (χ2n) is 7.64. The Labute approximate surface area is 138 Å². The van der Waals surface area contributed by atoms with E-state index in [2.05, 4.69) is 19.2 Å². The Balaban J connectivity index is 1.91. The summed E-state index contributed by atoms with van der Waals surface area (Å²) in [5.41, 5.74) is 2.60. The Morgan fingerprint density at radius 2 is 1.91 bits per heavy atom. The molecule has 0 amide bonds. The highest BCUT2D eigenvalue weighted by molar-refractivity contribution is 5.98. The van der Waals surface area contributed by atoms with Gasteiger partial charge in [-0.3, -0.25) is 4.79 Å². The lowest BCUT2D eigenvalue weighted by Gasteiger charge is -2.35. The fraction of sp³-hybridized carbons (Fsp3) is 0.550. The van der Waals surface area contributed by atoms with E-state index in [4.69, 9.17) is 0 Å². The van der Waals surface area contributed by atoms with E-state index in [0.717, 1.165) is 48.9 Å². The highest BCUT2D eigenvalue weighted by Gasteiger charge is 2.29. The topological polar surface area (TPSA) is 29.1 Å². The van der Waals surface area contributed by atoms with Crippen molar-refractivity contribution in [3.05, 3.63) is 41.2 Å². The molecular formula is C20H26FNO. The zero-order valence-corrected chi connectivity index (χ0v) is 14.1. The zero-order valence-electron chi connectivity index (χ0n) is 14.1. The molecule has 2 aliphatic rings. The molecule has 124 valence electrons. The fourth-order valence-electron chi connectivity index (χ4n) is 3.84. The van der Waals surface area contributed by atoms with Crippen LogP contribution in [0.5, 0.6) is 0 Å². The molecule has 3 heteroatoms. The molecule has 0 radical (unpaired) electrons. The number of carbonyl (C=O) groups excluding carboxylic acids is 1. The minimum absolute atomic E-state index is 0.125. The molecule has 3 rings (SSSR count). The smallest absolute Gasteiger partial charge is 0.160 e. The Morgan fingerprint density at radius 3 is 2.61 bits per heavy atom. The monoisotopic (exact) mass is 315 g/mol. The fourth-order valence-corrected chi connectivity index (χ4v) is 3.84. The summed E-state index contributed by atoms with van der Waals surface area (Å²) in [6, 6.07) is 4.89. The summed E-state index contributed by atoms with van der Waals surface area (Å²) in [4.78, 5) is 12.7. The second kappa shape index (κ2) is 6.46. The summed E-state index contributed by atoms with van der Waals surface area (Å²) >= 11 is 0. The maximum atomic E-state index is 13.7. The maximum Gasteiger partial charge on any atom is 0.160 e. The van der Waals surface area contributed by atoms with Crippen LogP contribution in [-0.2, 0) is 11.2 Å². The molecule has 1 aliphatic carbocycles. The first-order chi connectivity index (χ1) is 10.9. The number of ketones is 1. The number of hydrogen-bond donors (Lipinski definition) is 1. The van der Waals surface area contributed by atoms with Crippen LogP contribution in [0, 0.1) is 11.7 Å². The van der Waals surface area contributed by atoms with Crippen LogP contribution in [-0.4, -0.2) is 11.3 Å². The molecule has 0 saturated heterocycles. The first-order valence-corrected chi connectivity index (χ1v) is 8.77. The van der Waals surface area contributed by atoms with Crippen LogP contribution in [0.4, 0.5) is 4.39 Å². The van der Waals surface area contributed by atoms with Crippen molar-refractivity contribution in [3.63, 3.8) is 0 Å². The summed E-state index contributed by atoms with van der Waals surface area (Å²) in [5.74, 6) is 0.0780. The Bertz CT molecular complexity index is 625. The van der Waals surface area contributed by atoms with E-state index in [9.17, 15) is 9.18 Å². The predicted molar refractivity (Wildman–Crippen MR) is 91.5 cm³/mol. The van der Waals surface area contributed by atoms with Gasteiger partial charge in [0.2, 0.25) is 0 Å². The first-order valence-electron chi connectivity index (χ1n) is 8.77. The molecule has 2 nitrogen and oxygen atoms in total. The van der Waals surface area contributed by atoms with Crippen molar-refractivity contribution >= 4 is 11.5 Å². The average Bonchev–Trinajstić information content (AvgIpc) is 2.76. The van der Waals surface area contributed by atoms with E-state index in [0.29, 0.717) is 0 Å². The van der Waals surface area contributed by atoms with Crippen molar-refractivity contribution < 1.29 is 9.18 Å². The van der Waals surface area contributed by atoms with Gasteiger partial charge in [0.05, 0.1) is 0 Å². The van der Waals surface area contributed by atoms with Crippen LogP contribution in [0.1, 0.15) is 63.5 Å². The molecule has 0 spiro atoms. The Hall–Kier alpha value is -1.64. The van der Waals surface area contributed by atoms with Crippen LogP contribution in [0.2, 0.25) is 0 Å².